The van der Waals surface area contributed by atoms with Crippen molar-refractivity contribution in [2.45, 2.75) is 37.5 Å². The van der Waals surface area contributed by atoms with Crippen LogP contribution < -0.4 is 5.32 Å². The number of carbonyl (C=O) groups is 3. The van der Waals surface area contributed by atoms with Crippen molar-refractivity contribution < 1.29 is 24.2 Å². The van der Waals surface area contributed by atoms with Gasteiger partial charge >= 0.3 is 0 Å². The van der Waals surface area contributed by atoms with Gasteiger partial charge in [-0.05, 0) is 30.2 Å². The SMILES string of the molecule is O=C1CCC(N2Cc3cc(-n4cc(C5(O)CCOC5)nn4)ccc3C2=O)C(=O)N1. The molecule has 0 spiro atoms. The molecule has 1 aromatic carbocycles. The van der Waals surface area contributed by atoms with Crippen LogP contribution in [-0.2, 0) is 26.5 Å². The first-order chi connectivity index (χ1) is 13.9. The van der Waals surface area contributed by atoms with Crippen LogP contribution in [-0.4, -0.2) is 62.0 Å². The number of aliphatic hydroxyl groups is 1. The van der Waals surface area contributed by atoms with Crippen LogP contribution in [0.3, 0.4) is 0 Å². The highest BCUT2D eigenvalue weighted by Crippen LogP contribution is 2.31. The summed E-state index contributed by atoms with van der Waals surface area (Å²) in [5.74, 6) is -0.970. The number of hydrogen-bond donors (Lipinski definition) is 2. The molecule has 3 aliphatic heterocycles. The first-order valence-electron chi connectivity index (χ1n) is 9.45. The van der Waals surface area contributed by atoms with Gasteiger partial charge in [0, 0.05) is 31.6 Å². The molecule has 0 radical (unpaired) electrons. The number of nitrogens with zero attached hydrogens (tertiary/aromatic N) is 4. The molecule has 0 bridgehead atoms. The standard InChI is InChI=1S/C19H19N5O5/c25-16-4-3-14(17(26)20-16)23-8-11-7-12(1-2-13(11)18(23)27)24-9-15(21-22-24)19(28)5-6-29-10-19/h1-2,7,9,14,28H,3-6,8,10H2,(H,20,25,26). The molecule has 0 aliphatic carbocycles. The number of amides is 3. The van der Waals surface area contributed by atoms with Crippen LogP contribution in [0.4, 0.5) is 0 Å². The largest absolute Gasteiger partial charge is 0.381 e. The summed E-state index contributed by atoms with van der Waals surface area (Å²) >= 11 is 0. The molecule has 3 aliphatic rings. The fraction of sp³-hybridized carbons (Fsp3) is 0.421. The van der Waals surface area contributed by atoms with Crippen molar-refractivity contribution in [1.82, 2.24) is 25.2 Å². The Hall–Kier alpha value is -3.11. The van der Waals surface area contributed by atoms with Gasteiger partial charge in [0.1, 0.15) is 17.3 Å². The molecule has 2 atom stereocenters. The third-order valence-electron chi connectivity index (χ3n) is 5.74. The number of hydrogen-bond acceptors (Lipinski definition) is 7. The summed E-state index contributed by atoms with van der Waals surface area (Å²) in [5.41, 5.74) is 1.31. The van der Waals surface area contributed by atoms with Crippen LogP contribution in [0, 0.1) is 0 Å². The summed E-state index contributed by atoms with van der Waals surface area (Å²) in [5, 5.41) is 21.1. The lowest BCUT2D eigenvalue weighted by molar-refractivity contribution is -0.136. The molecule has 2 fully saturated rings. The van der Waals surface area contributed by atoms with E-state index in [1.165, 1.54) is 4.90 Å². The molecule has 2 aromatic rings. The lowest BCUT2D eigenvalue weighted by atomic mass is 10.0. The Morgan fingerprint density at radius 2 is 2.14 bits per heavy atom. The summed E-state index contributed by atoms with van der Waals surface area (Å²) in [6.45, 7) is 0.944. The minimum atomic E-state index is -1.13. The number of nitrogens with one attached hydrogen (secondary N) is 1. The van der Waals surface area contributed by atoms with Crippen molar-refractivity contribution in [3.8, 4) is 5.69 Å². The molecule has 29 heavy (non-hydrogen) atoms. The van der Waals surface area contributed by atoms with Gasteiger partial charge in [-0.15, -0.1) is 5.10 Å². The van der Waals surface area contributed by atoms with Gasteiger partial charge in [-0.25, -0.2) is 4.68 Å². The molecule has 1 aromatic heterocycles. The van der Waals surface area contributed by atoms with E-state index in [4.69, 9.17) is 4.74 Å². The second-order valence-corrected chi connectivity index (χ2v) is 7.62. The number of ether oxygens (including phenoxy) is 1. The van der Waals surface area contributed by atoms with Crippen LogP contribution in [0.5, 0.6) is 0 Å². The van der Waals surface area contributed by atoms with Gasteiger partial charge in [0.2, 0.25) is 11.8 Å². The third kappa shape index (κ3) is 2.91. The van der Waals surface area contributed by atoms with Gasteiger partial charge in [0.25, 0.3) is 5.91 Å². The zero-order valence-corrected chi connectivity index (χ0v) is 15.5. The third-order valence-corrected chi connectivity index (χ3v) is 5.74. The number of imide groups is 1. The molecular formula is C19H19N5O5. The highest BCUT2D eigenvalue weighted by molar-refractivity contribution is 6.05. The lowest BCUT2D eigenvalue weighted by Crippen LogP contribution is -2.52. The van der Waals surface area contributed by atoms with Crippen molar-refractivity contribution in [1.29, 1.82) is 0 Å². The van der Waals surface area contributed by atoms with Crippen molar-refractivity contribution in [2.75, 3.05) is 13.2 Å². The minimum Gasteiger partial charge on any atom is -0.381 e. The van der Waals surface area contributed by atoms with Gasteiger partial charge in [-0.2, -0.15) is 0 Å². The highest BCUT2D eigenvalue weighted by Gasteiger charge is 2.40. The van der Waals surface area contributed by atoms with E-state index in [-0.39, 0.29) is 31.4 Å². The monoisotopic (exact) mass is 397 g/mol. The average Bonchev–Trinajstić information content (AvgIpc) is 3.42. The fourth-order valence-electron chi connectivity index (χ4n) is 4.06. The van der Waals surface area contributed by atoms with Crippen LogP contribution in [0.15, 0.2) is 24.4 Å². The summed E-state index contributed by atoms with van der Waals surface area (Å²) in [4.78, 5) is 37.8. The maximum atomic E-state index is 12.8. The van der Waals surface area contributed by atoms with E-state index in [1.807, 2.05) is 6.07 Å². The molecular weight excluding hydrogens is 378 g/mol. The maximum Gasteiger partial charge on any atom is 0.255 e. The fourth-order valence-corrected chi connectivity index (χ4v) is 4.06. The van der Waals surface area contributed by atoms with Gasteiger partial charge in [0.15, 0.2) is 0 Å². The second-order valence-electron chi connectivity index (χ2n) is 7.62. The Morgan fingerprint density at radius 1 is 1.28 bits per heavy atom. The number of rotatable bonds is 3. The average molecular weight is 397 g/mol. The van der Waals surface area contributed by atoms with E-state index in [0.717, 1.165) is 5.56 Å². The molecule has 5 rings (SSSR count). The minimum absolute atomic E-state index is 0.186. The first kappa shape index (κ1) is 18.0. The molecule has 3 amide bonds. The maximum absolute atomic E-state index is 12.8. The van der Waals surface area contributed by atoms with Crippen molar-refractivity contribution in [3.05, 3.63) is 41.2 Å². The zero-order chi connectivity index (χ0) is 20.2. The smallest absolute Gasteiger partial charge is 0.255 e. The van der Waals surface area contributed by atoms with Crippen molar-refractivity contribution >= 4 is 17.7 Å². The Labute approximate surface area is 165 Å². The van der Waals surface area contributed by atoms with Crippen LogP contribution in [0.2, 0.25) is 0 Å². The van der Waals surface area contributed by atoms with Crippen LogP contribution >= 0.6 is 0 Å². The lowest BCUT2D eigenvalue weighted by Gasteiger charge is -2.29. The molecule has 0 saturated carbocycles. The van der Waals surface area contributed by atoms with E-state index < -0.39 is 17.6 Å². The molecule has 150 valence electrons. The Kier molecular flexibility index (Phi) is 4.00. The van der Waals surface area contributed by atoms with Gasteiger partial charge in [-0.3, -0.25) is 19.7 Å². The summed E-state index contributed by atoms with van der Waals surface area (Å²) in [6, 6.07) is 4.63. The summed E-state index contributed by atoms with van der Waals surface area (Å²) in [7, 11) is 0. The molecule has 2 N–H and O–H groups in total. The van der Waals surface area contributed by atoms with Crippen molar-refractivity contribution in [2.24, 2.45) is 0 Å². The molecule has 2 unspecified atom stereocenters. The Morgan fingerprint density at radius 3 is 2.90 bits per heavy atom. The quantitative estimate of drug-likeness (QED) is 0.677. The predicted molar refractivity (Wildman–Crippen MR) is 96.7 cm³/mol. The predicted octanol–water partition coefficient (Wildman–Crippen LogP) is -0.364. The molecule has 10 heteroatoms. The highest BCUT2D eigenvalue weighted by atomic mass is 16.5. The van der Waals surface area contributed by atoms with E-state index in [2.05, 4.69) is 15.6 Å². The zero-order valence-electron chi connectivity index (χ0n) is 15.5. The molecule has 4 heterocycles. The van der Waals surface area contributed by atoms with Gasteiger partial charge in [-0.1, -0.05) is 5.21 Å². The number of aromatic nitrogens is 3. The number of fused-ring (bicyclic) bond motifs is 1. The van der Waals surface area contributed by atoms with E-state index in [0.29, 0.717) is 36.4 Å². The topological polar surface area (TPSA) is 127 Å². The summed E-state index contributed by atoms with van der Waals surface area (Å²) < 4.78 is 6.81. The van der Waals surface area contributed by atoms with Crippen molar-refractivity contribution in [3.63, 3.8) is 0 Å². The Bertz CT molecular complexity index is 1030. The van der Waals surface area contributed by atoms with Crippen LogP contribution in [0.25, 0.3) is 5.69 Å². The van der Waals surface area contributed by atoms with E-state index in [9.17, 15) is 19.5 Å². The van der Waals surface area contributed by atoms with Gasteiger partial charge < -0.3 is 14.7 Å². The number of piperidine rings is 1. The van der Waals surface area contributed by atoms with E-state index in [1.54, 1.807) is 23.0 Å². The first-order valence-corrected chi connectivity index (χ1v) is 9.45. The Balaban J connectivity index is 1.40. The van der Waals surface area contributed by atoms with Crippen LogP contribution in [0.1, 0.15) is 40.9 Å². The second kappa shape index (κ2) is 6.46. The normalized spacial score (nSPS) is 26.7. The number of carbonyl (C=O) groups excluding carboxylic acids is 3. The molecule has 2 saturated heterocycles. The number of benzene rings is 1. The molecule has 10 nitrogen and oxygen atoms in total. The van der Waals surface area contributed by atoms with Gasteiger partial charge in [0.05, 0.1) is 18.5 Å². The van der Waals surface area contributed by atoms with E-state index >= 15 is 0 Å². The summed E-state index contributed by atoms with van der Waals surface area (Å²) in [6.07, 6.45) is 2.66.